The SMILES string of the molecule is COc1c(C)cnc(CN(C)C(=O)c2ccc(Cl)c(S(=O)(=O)NCC3CCCO3)c2)c1C. The first-order valence-electron chi connectivity index (χ1n) is 10.3. The van der Waals surface area contributed by atoms with Crippen LogP contribution in [0.2, 0.25) is 5.02 Å². The van der Waals surface area contributed by atoms with Crippen LogP contribution in [0.3, 0.4) is 0 Å². The van der Waals surface area contributed by atoms with E-state index >= 15 is 0 Å². The normalized spacial score (nSPS) is 16.2. The van der Waals surface area contributed by atoms with E-state index < -0.39 is 10.0 Å². The molecule has 1 aromatic heterocycles. The molecule has 1 aromatic carbocycles. The number of amides is 1. The first kappa shape index (κ1) is 24.4. The van der Waals surface area contributed by atoms with Crippen LogP contribution in [0, 0.1) is 13.8 Å². The van der Waals surface area contributed by atoms with Crippen LogP contribution in [-0.2, 0) is 21.3 Å². The number of nitrogens with one attached hydrogen (secondary N) is 1. The first-order chi connectivity index (χ1) is 15.1. The van der Waals surface area contributed by atoms with E-state index in [0.29, 0.717) is 12.3 Å². The molecule has 8 nitrogen and oxygen atoms in total. The molecule has 2 heterocycles. The topological polar surface area (TPSA) is 97.8 Å². The minimum absolute atomic E-state index is 0.0461. The van der Waals surface area contributed by atoms with Crippen molar-refractivity contribution in [2.24, 2.45) is 0 Å². The summed E-state index contributed by atoms with van der Waals surface area (Å²) in [6.07, 6.45) is 3.26. The van der Waals surface area contributed by atoms with Gasteiger partial charge in [-0.1, -0.05) is 11.6 Å². The summed E-state index contributed by atoms with van der Waals surface area (Å²) in [6.45, 7) is 4.82. The van der Waals surface area contributed by atoms with Gasteiger partial charge >= 0.3 is 0 Å². The van der Waals surface area contributed by atoms with Crippen LogP contribution in [0.15, 0.2) is 29.3 Å². The summed E-state index contributed by atoms with van der Waals surface area (Å²) in [4.78, 5) is 18.8. The molecule has 2 aromatic rings. The van der Waals surface area contributed by atoms with Gasteiger partial charge < -0.3 is 14.4 Å². The monoisotopic (exact) mass is 481 g/mol. The van der Waals surface area contributed by atoms with E-state index in [1.54, 1.807) is 20.4 Å². The van der Waals surface area contributed by atoms with Gasteiger partial charge in [0.1, 0.15) is 10.6 Å². The summed E-state index contributed by atoms with van der Waals surface area (Å²) < 4.78 is 39.0. The maximum Gasteiger partial charge on any atom is 0.253 e. The molecule has 0 radical (unpaired) electrons. The van der Waals surface area contributed by atoms with Gasteiger partial charge in [0.15, 0.2) is 0 Å². The molecule has 1 fully saturated rings. The van der Waals surface area contributed by atoms with E-state index in [4.69, 9.17) is 21.1 Å². The third kappa shape index (κ3) is 5.40. The van der Waals surface area contributed by atoms with E-state index in [2.05, 4.69) is 9.71 Å². The van der Waals surface area contributed by atoms with E-state index in [1.807, 2.05) is 13.8 Å². The number of nitrogens with zero attached hydrogens (tertiary/aromatic N) is 2. The molecular formula is C22H28ClN3O5S. The maximum atomic E-state index is 13.0. The molecule has 1 N–H and O–H groups in total. The van der Waals surface area contributed by atoms with Crippen LogP contribution in [0.1, 0.15) is 40.0 Å². The molecule has 32 heavy (non-hydrogen) atoms. The van der Waals surface area contributed by atoms with Crippen LogP contribution in [0.5, 0.6) is 5.75 Å². The third-order valence-electron chi connectivity index (χ3n) is 5.48. The highest BCUT2D eigenvalue weighted by molar-refractivity contribution is 7.89. The number of ether oxygens (including phenoxy) is 2. The quantitative estimate of drug-likeness (QED) is 0.622. The highest BCUT2D eigenvalue weighted by Crippen LogP contribution is 2.26. The zero-order valence-corrected chi connectivity index (χ0v) is 20.2. The fraction of sp³-hybridized carbons (Fsp3) is 0.455. The van der Waals surface area contributed by atoms with Gasteiger partial charge in [-0.05, 0) is 44.9 Å². The van der Waals surface area contributed by atoms with Crippen molar-refractivity contribution in [3.8, 4) is 5.75 Å². The van der Waals surface area contributed by atoms with E-state index in [0.717, 1.165) is 29.7 Å². The molecule has 1 saturated heterocycles. The first-order valence-corrected chi connectivity index (χ1v) is 12.2. The van der Waals surface area contributed by atoms with Gasteiger partial charge in [0.25, 0.3) is 5.91 Å². The second kappa shape index (κ2) is 10.2. The largest absolute Gasteiger partial charge is 0.496 e. The molecule has 10 heteroatoms. The number of aromatic nitrogens is 1. The molecule has 174 valence electrons. The smallest absolute Gasteiger partial charge is 0.253 e. The van der Waals surface area contributed by atoms with Crippen molar-refractivity contribution in [2.45, 2.75) is 44.2 Å². The lowest BCUT2D eigenvalue weighted by Gasteiger charge is -2.20. The van der Waals surface area contributed by atoms with Gasteiger partial charge in [0.2, 0.25) is 10.0 Å². The Morgan fingerprint density at radius 2 is 2.12 bits per heavy atom. The summed E-state index contributed by atoms with van der Waals surface area (Å²) in [5.74, 6) is 0.381. The van der Waals surface area contributed by atoms with Crippen molar-refractivity contribution in [3.63, 3.8) is 0 Å². The number of benzene rings is 1. The highest BCUT2D eigenvalue weighted by atomic mass is 35.5. The molecule has 1 amide bonds. The molecule has 0 spiro atoms. The Labute approximate surface area is 193 Å². The standard InChI is InChI=1S/C22H28ClN3O5S/c1-14-11-24-19(15(2)21(14)30-4)13-26(3)22(27)16-7-8-18(23)20(10-16)32(28,29)25-12-17-6-5-9-31-17/h7-8,10-11,17,25H,5-6,9,12-13H2,1-4H3. The van der Waals surface area contributed by atoms with Crippen molar-refractivity contribution in [2.75, 3.05) is 27.3 Å². The average molecular weight is 482 g/mol. The van der Waals surface area contributed by atoms with E-state index in [9.17, 15) is 13.2 Å². The number of methoxy groups -OCH3 is 1. The number of pyridine rings is 1. The lowest BCUT2D eigenvalue weighted by molar-refractivity contribution is 0.0782. The molecule has 3 rings (SSSR count). The summed E-state index contributed by atoms with van der Waals surface area (Å²) in [7, 11) is -0.674. The van der Waals surface area contributed by atoms with Gasteiger partial charge in [0.05, 0.1) is 30.5 Å². The zero-order chi connectivity index (χ0) is 23.5. The van der Waals surface area contributed by atoms with Crippen LogP contribution >= 0.6 is 11.6 Å². The Balaban J connectivity index is 1.78. The Kier molecular flexibility index (Phi) is 7.76. The molecule has 1 aliphatic rings. The maximum absolute atomic E-state index is 13.0. The highest BCUT2D eigenvalue weighted by Gasteiger charge is 2.24. The molecule has 1 atom stereocenters. The number of rotatable bonds is 8. The van der Waals surface area contributed by atoms with Crippen molar-refractivity contribution in [1.82, 2.24) is 14.6 Å². The van der Waals surface area contributed by atoms with Crippen molar-refractivity contribution in [1.29, 1.82) is 0 Å². The second-order valence-electron chi connectivity index (χ2n) is 7.84. The Bertz CT molecular complexity index is 1100. The summed E-state index contributed by atoms with van der Waals surface area (Å²) >= 11 is 6.16. The van der Waals surface area contributed by atoms with Crippen LogP contribution in [0.4, 0.5) is 0 Å². The van der Waals surface area contributed by atoms with Gasteiger partial charge in [-0.3, -0.25) is 9.78 Å². The van der Waals surface area contributed by atoms with E-state index in [1.165, 1.54) is 23.1 Å². The minimum atomic E-state index is -3.90. The lowest BCUT2D eigenvalue weighted by atomic mass is 10.1. The number of sulfonamides is 1. The average Bonchev–Trinajstić information content (AvgIpc) is 3.28. The number of carbonyl (C=O) groups is 1. The molecule has 1 aliphatic heterocycles. The van der Waals surface area contributed by atoms with Gasteiger partial charge in [-0.25, -0.2) is 13.1 Å². The van der Waals surface area contributed by atoms with Crippen molar-refractivity contribution < 1.29 is 22.7 Å². The fourth-order valence-electron chi connectivity index (χ4n) is 3.68. The summed E-state index contributed by atoms with van der Waals surface area (Å²) in [5.41, 5.74) is 2.67. The number of halogens is 1. The minimum Gasteiger partial charge on any atom is -0.496 e. The fourth-order valence-corrected chi connectivity index (χ4v) is 5.27. The zero-order valence-electron chi connectivity index (χ0n) is 18.6. The Morgan fingerprint density at radius 1 is 1.38 bits per heavy atom. The van der Waals surface area contributed by atoms with Crippen LogP contribution in [-0.4, -0.2) is 57.6 Å². The van der Waals surface area contributed by atoms with Gasteiger partial charge in [-0.15, -0.1) is 0 Å². The number of carbonyl (C=O) groups excluding carboxylic acids is 1. The summed E-state index contributed by atoms with van der Waals surface area (Å²) in [6, 6.07) is 4.23. The number of aryl methyl sites for hydroxylation is 1. The molecule has 1 unspecified atom stereocenters. The van der Waals surface area contributed by atoms with Gasteiger partial charge in [0, 0.05) is 43.1 Å². The Morgan fingerprint density at radius 3 is 2.78 bits per heavy atom. The lowest BCUT2D eigenvalue weighted by Crippen LogP contribution is -2.32. The molecular weight excluding hydrogens is 454 g/mol. The van der Waals surface area contributed by atoms with Crippen LogP contribution < -0.4 is 9.46 Å². The molecule has 0 aliphatic carbocycles. The van der Waals surface area contributed by atoms with Gasteiger partial charge in [-0.2, -0.15) is 0 Å². The Hall–Kier alpha value is -2.20. The predicted octanol–water partition coefficient (Wildman–Crippen LogP) is 3.09. The number of hydrogen-bond donors (Lipinski definition) is 1. The predicted molar refractivity (Wildman–Crippen MR) is 122 cm³/mol. The molecule has 0 saturated carbocycles. The van der Waals surface area contributed by atoms with Crippen LogP contribution in [0.25, 0.3) is 0 Å². The number of hydrogen-bond acceptors (Lipinski definition) is 6. The molecule has 0 bridgehead atoms. The van der Waals surface area contributed by atoms with Crippen molar-refractivity contribution >= 4 is 27.5 Å². The second-order valence-corrected chi connectivity index (χ2v) is 9.98. The third-order valence-corrected chi connectivity index (χ3v) is 7.38. The van der Waals surface area contributed by atoms with E-state index in [-0.39, 0.29) is 40.6 Å². The van der Waals surface area contributed by atoms with Crippen molar-refractivity contribution in [3.05, 3.63) is 51.8 Å². The summed E-state index contributed by atoms with van der Waals surface area (Å²) in [5, 5.41) is 0.0461.